The first kappa shape index (κ1) is 12.8. The van der Waals surface area contributed by atoms with Crippen LogP contribution in [0.5, 0.6) is 0 Å². The SMILES string of the molecule is CCn1nccc1C(NC)c1ccc2ccccc2n1. The van der Waals surface area contributed by atoms with Crippen molar-refractivity contribution in [3.63, 3.8) is 0 Å². The molecule has 0 fully saturated rings. The average molecular weight is 266 g/mol. The summed E-state index contributed by atoms with van der Waals surface area (Å²) in [5, 5.41) is 8.84. The minimum Gasteiger partial charge on any atom is -0.307 e. The lowest BCUT2D eigenvalue weighted by Crippen LogP contribution is -2.22. The van der Waals surface area contributed by atoms with Gasteiger partial charge in [-0.05, 0) is 32.2 Å². The van der Waals surface area contributed by atoms with E-state index < -0.39 is 0 Å². The Hall–Kier alpha value is -2.20. The first-order valence-electron chi connectivity index (χ1n) is 6.88. The Morgan fingerprint density at radius 3 is 2.80 bits per heavy atom. The highest BCUT2D eigenvalue weighted by Gasteiger charge is 2.17. The van der Waals surface area contributed by atoms with Crippen LogP contribution in [0.3, 0.4) is 0 Å². The smallest absolute Gasteiger partial charge is 0.0919 e. The Morgan fingerprint density at radius 1 is 1.15 bits per heavy atom. The molecular formula is C16H18N4. The summed E-state index contributed by atoms with van der Waals surface area (Å²) in [5.74, 6) is 0. The number of hydrogen-bond donors (Lipinski definition) is 1. The number of rotatable bonds is 4. The molecule has 0 spiro atoms. The molecule has 0 aliphatic heterocycles. The van der Waals surface area contributed by atoms with Crippen molar-refractivity contribution in [3.05, 3.63) is 60.0 Å². The molecule has 2 heterocycles. The third-order valence-corrected chi connectivity index (χ3v) is 3.55. The molecule has 0 saturated heterocycles. The molecule has 0 saturated carbocycles. The highest BCUT2D eigenvalue weighted by Crippen LogP contribution is 2.22. The summed E-state index contributed by atoms with van der Waals surface area (Å²) in [6.07, 6.45) is 1.84. The van der Waals surface area contributed by atoms with Crippen molar-refractivity contribution in [1.29, 1.82) is 0 Å². The first-order valence-corrected chi connectivity index (χ1v) is 6.88. The van der Waals surface area contributed by atoms with Gasteiger partial charge in [0.2, 0.25) is 0 Å². The van der Waals surface area contributed by atoms with Crippen LogP contribution in [0.15, 0.2) is 48.7 Å². The lowest BCUT2D eigenvalue weighted by Gasteiger charge is -2.17. The summed E-state index contributed by atoms with van der Waals surface area (Å²) in [7, 11) is 1.95. The van der Waals surface area contributed by atoms with Crippen LogP contribution in [-0.4, -0.2) is 21.8 Å². The number of benzene rings is 1. The van der Waals surface area contributed by atoms with Gasteiger partial charge in [-0.1, -0.05) is 24.3 Å². The second-order valence-corrected chi connectivity index (χ2v) is 4.72. The number of aryl methyl sites for hydroxylation is 1. The molecule has 3 aromatic rings. The van der Waals surface area contributed by atoms with Gasteiger partial charge in [0.1, 0.15) is 0 Å². The summed E-state index contributed by atoms with van der Waals surface area (Å²) < 4.78 is 2.00. The fourth-order valence-electron chi connectivity index (χ4n) is 2.54. The molecule has 3 rings (SSSR count). The summed E-state index contributed by atoms with van der Waals surface area (Å²) in [6, 6.07) is 14.5. The number of para-hydroxylation sites is 1. The normalized spacial score (nSPS) is 12.7. The minimum absolute atomic E-state index is 0.0575. The summed E-state index contributed by atoms with van der Waals surface area (Å²) in [4.78, 5) is 4.77. The molecule has 1 unspecified atom stereocenters. The molecule has 0 amide bonds. The number of nitrogens with one attached hydrogen (secondary N) is 1. The van der Waals surface area contributed by atoms with Crippen LogP contribution in [-0.2, 0) is 6.54 Å². The van der Waals surface area contributed by atoms with Crippen LogP contribution >= 0.6 is 0 Å². The molecular weight excluding hydrogens is 248 g/mol. The molecule has 2 aromatic heterocycles. The number of aromatic nitrogens is 3. The monoisotopic (exact) mass is 266 g/mol. The van der Waals surface area contributed by atoms with E-state index in [1.165, 1.54) is 0 Å². The fraction of sp³-hybridized carbons (Fsp3) is 0.250. The van der Waals surface area contributed by atoms with Gasteiger partial charge in [0.15, 0.2) is 0 Å². The Labute approximate surface area is 118 Å². The molecule has 102 valence electrons. The molecule has 4 heteroatoms. The summed E-state index contributed by atoms with van der Waals surface area (Å²) in [6.45, 7) is 2.95. The number of pyridine rings is 1. The topological polar surface area (TPSA) is 42.7 Å². The van der Waals surface area contributed by atoms with Gasteiger partial charge >= 0.3 is 0 Å². The largest absolute Gasteiger partial charge is 0.307 e. The first-order chi connectivity index (χ1) is 9.83. The number of nitrogens with zero attached hydrogens (tertiary/aromatic N) is 3. The van der Waals surface area contributed by atoms with Crippen LogP contribution in [0.4, 0.5) is 0 Å². The van der Waals surface area contributed by atoms with Crippen LogP contribution in [0.1, 0.15) is 24.4 Å². The van der Waals surface area contributed by atoms with E-state index in [0.717, 1.165) is 28.8 Å². The van der Waals surface area contributed by atoms with Gasteiger partial charge in [-0.2, -0.15) is 5.10 Å². The number of hydrogen-bond acceptors (Lipinski definition) is 3. The van der Waals surface area contributed by atoms with E-state index in [-0.39, 0.29) is 6.04 Å². The van der Waals surface area contributed by atoms with Crippen molar-refractivity contribution < 1.29 is 0 Å². The van der Waals surface area contributed by atoms with Crippen molar-refractivity contribution in [3.8, 4) is 0 Å². The minimum atomic E-state index is 0.0575. The highest BCUT2D eigenvalue weighted by atomic mass is 15.3. The van der Waals surface area contributed by atoms with Gasteiger partial charge in [0.25, 0.3) is 0 Å². The van der Waals surface area contributed by atoms with Crippen LogP contribution in [0.2, 0.25) is 0 Å². The van der Waals surface area contributed by atoms with Gasteiger partial charge in [0.05, 0.1) is 22.9 Å². The maximum absolute atomic E-state index is 4.77. The second kappa shape index (κ2) is 5.43. The van der Waals surface area contributed by atoms with Gasteiger partial charge in [-0.15, -0.1) is 0 Å². The standard InChI is InChI=1S/C16H18N4/c1-3-20-15(10-11-18-20)16(17-2)14-9-8-12-6-4-5-7-13(12)19-14/h4-11,16-17H,3H2,1-2H3. The van der Waals surface area contributed by atoms with Crippen LogP contribution in [0.25, 0.3) is 10.9 Å². The summed E-state index contributed by atoms with van der Waals surface area (Å²) >= 11 is 0. The maximum Gasteiger partial charge on any atom is 0.0919 e. The Morgan fingerprint density at radius 2 is 2.00 bits per heavy atom. The van der Waals surface area contributed by atoms with E-state index in [9.17, 15) is 0 Å². The van der Waals surface area contributed by atoms with E-state index in [1.807, 2.05) is 42.2 Å². The highest BCUT2D eigenvalue weighted by molar-refractivity contribution is 5.78. The zero-order valence-electron chi connectivity index (χ0n) is 11.7. The van der Waals surface area contributed by atoms with Gasteiger partial charge < -0.3 is 5.32 Å². The van der Waals surface area contributed by atoms with Crippen molar-refractivity contribution >= 4 is 10.9 Å². The molecule has 1 N–H and O–H groups in total. The van der Waals surface area contributed by atoms with Crippen molar-refractivity contribution in [2.75, 3.05) is 7.05 Å². The fourth-order valence-corrected chi connectivity index (χ4v) is 2.54. The molecule has 1 aromatic carbocycles. The van der Waals surface area contributed by atoms with E-state index in [1.54, 1.807) is 0 Å². The second-order valence-electron chi connectivity index (χ2n) is 4.72. The Bertz CT molecular complexity index is 717. The van der Waals surface area contributed by atoms with Gasteiger partial charge in [-0.3, -0.25) is 9.67 Å². The molecule has 0 aliphatic carbocycles. The lowest BCUT2D eigenvalue weighted by molar-refractivity contribution is 0.557. The van der Waals surface area contributed by atoms with E-state index in [2.05, 4.69) is 35.5 Å². The predicted octanol–water partition coefficient (Wildman–Crippen LogP) is 2.76. The van der Waals surface area contributed by atoms with Crippen LogP contribution < -0.4 is 5.32 Å². The van der Waals surface area contributed by atoms with Crippen LogP contribution in [0, 0.1) is 0 Å². The van der Waals surface area contributed by atoms with Crippen molar-refractivity contribution in [2.24, 2.45) is 0 Å². The van der Waals surface area contributed by atoms with Crippen molar-refractivity contribution in [1.82, 2.24) is 20.1 Å². The quantitative estimate of drug-likeness (QED) is 0.789. The summed E-state index contributed by atoms with van der Waals surface area (Å²) in [5.41, 5.74) is 3.17. The number of fused-ring (bicyclic) bond motifs is 1. The Kier molecular flexibility index (Phi) is 3.48. The van der Waals surface area contributed by atoms with Crippen molar-refractivity contribution in [2.45, 2.75) is 19.5 Å². The molecule has 0 bridgehead atoms. The third kappa shape index (κ3) is 2.18. The van der Waals surface area contributed by atoms with E-state index in [4.69, 9.17) is 4.98 Å². The Balaban J connectivity index is 2.07. The zero-order chi connectivity index (χ0) is 13.9. The molecule has 0 radical (unpaired) electrons. The maximum atomic E-state index is 4.77. The average Bonchev–Trinajstić information content (AvgIpc) is 2.96. The van der Waals surface area contributed by atoms with Gasteiger partial charge in [0, 0.05) is 18.1 Å². The van der Waals surface area contributed by atoms with Gasteiger partial charge in [-0.25, -0.2) is 0 Å². The molecule has 20 heavy (non-hydrogen) atoms. The third-order valence-electron chi connectivity index (χ3n) is 3.55. The lowest BCUT2D eigenvalue weighted by atomic mass is 10.1. The molecule has 1 atom stereocenters. The van der Waals surface area contributed by atoms with E-state index in [0.29, 0.717) is 0 Å². The molecule has 0 aliphatic rings. The molecule has 4 nitrogen and oxygen atoms in total. The zero-order valence-corrected chi connectivity index (χ0v) is 11.7. The van der Waals surface area contributed by atoms with E-state index >= 15 is 0 Å². The predicted molar refractivity (Wildman–Crippen MR) is 80.5 cm³/mol.